The molecular formula is C46H28N2OS. The van der Waals surface area contributed by atoms with Crippen LogP contribution in [0.5, 0.6) is 0 Å². The van der Waals surface area contributed by atoms with Gasteiger partial charge in [0.25, 0.3) is 0 Å². The Kier molecular flexibility index (Phi) is 3.07. The van der Waals surface area contributed by atoms with Gasteiger partial charge in [-0.25, -0.2) is 9.97 Å². The van der Waals surface area contributed by atoms with Gasteiger partial charge in [-0.15, -0.1) is 11.3 Å². The van der Waals surface area contributed by atoms with E-state index in [1.54, 1.807) is 0 Å². The zero-order valence-corrected chi connectivity index (χ0v) is 25.8. The van der Waals surface area contributed by atoms with Crippen LogP contribution in [0.4, 0.5) is 0 Å². The van der Waals surface area contributed by atoms with E-state index in [0.717, 1.165) is 0 Å². The fraction of sp³-hybridized carbons (Fsp3) is 0. The molecule has 0 aliphatic carbocycles. The van der Waals surface area contributed by atoms with Crippen molar-refractivity contribution in [3.05, 3.63) is 169 Å². The summed E-state index contributed by atoms with van der Waals surface area (Å²) in [5, 5.41) is -0.400. The molecule has 4 heteroatoms. The van der Waals surface area contributed by atoms with E-state index in [-0.39, 0.29) is 53.4 Å². The molecule has 0 radical (unpaired) electrons. The van der Waals surface area contributed by atoms with Gasteiger partial charge in [0, 0.05) is 36.7 Å². The number of aromatic nitrogens is 2. The third-order valence-corrected chi connectivity index (χ3v) is 8.87. The minimum absolute atomic E-state index is 0.0173. The number of rotatable bonds is 5. The number of hydrogen-bond donors (Lipinski definition) is 0. The monoisotopic (exact) mass is 681 g/mol. The van der Waals surface area contributed by atoms with Crippen LogP contribution in [-0.4, -0.2) is 9.97 Å². The Bertz CT molecular complexity index is 4260. The van der Waals surface area contributed by atoms with Crippen molar-refractivity contribution in [2.75, 3.05) is 0 Å². The minimum Gasteiger partial charge on any atom is -0.452 e. The predicted octanol–water partition coefficient (Wildman–Crippen LogP) is 13.1. The topological polar surface area (TPSA) is 38.9 Å². The minimum atomic E-state index is -0.961. The summed E-state index contributed by atoms with van der Waals surface area (Å²) in [6, 6.07) is -15.0. The molecule has 0 fully saturated rings. The van der Waals surface area contributed by atoms with Crippen LogP contribution in [0.1, 0.15) is 34.3 Å². The van der Waals surface area contributed by atoms with Crippen molar-refractivity contribution in [2.45, 2.75) is 0 Å². The van der Waals surface area contributed by atoms with Gasteiger partial charge in [0.1, 0.15) is 16.8 Å². The van der Waals surface area contributed by atoms with Crippen LogP contribution in [0, 0.1) is 0 Å². The summed E-state index contributed by atoms with van der Waals surface area (Å²) in [7, 11) is 0. The lowest BCUT2D eigenvalue weighted by atomic mass is 9.96. The quantitative estimate of drug-likeness (QED) is 0.181. The highest BCUT2D eigenvalue weighted by Crippen LogP contribution is 2.42. The molecule has 0 atom stereocenters. The second-order valence-electron chi connectivity index (χ2n) is 10.6. The van der Waals surface area contributed by atoms with Gasteiger partial charge < -0.3 is 4.42 Å². The van der Waals surface area contributed by atoms with Crippen molar-refractivity contribution in [3.8, 4) is 56.0 Å². The molecule has 0 N–H and O–H groups in total. The van der Waals surface area contributed by atoms with Gasteiger partial charge in [0.15, 0.2) is 11.4 Å². The van der Waals surface area contributed by atoms with Gasteiger partial charge in [-0.05, 0) is 63.6 Å². The lowest BCUT2D eigenvalue weighted by molar-refractivity contribution is 0.667. The highest BCUT2D eigenvalue weighted by molar-refractivity contribution is 7.26. The Labute approximate surface area is 327 Å². The molecule has 50 heavy (non-hydrogen) atoms. The van der Waals surface area contributed by atoms with E-state index < -0.39 is 196 Å². The van der Waals surface area contributed by atoms with Crippen LogP contribution >= 0.6 is 11.3 Å². The Morgan fingerprint density at radius 3 is 1.96 bits per heavy atom. The van der Waals surface area contributed by atoms with Crippen molar-refractivity contribution >= 4 is 53.6 Å². The summed E-state index contributed by atoms with van der Waals surface area (Å²) >= 11 is 0.667. The molecule has 3 heterocycles. The number of thiophene rings is 1. The lowest BCUT2D eigenvalue weighted by Gasteiger charge is -2.10. The molecule has 10 aromatic rings. The largest absolute Gasteiger partial charge is 0.452 e. The maximum Gasteiger partial charge on any atom is 0.180 e. The van der Waals surface area contributed by atoms with Crippen LogP contribution in [0.25, 0.3) is 98.3 Å². The summed E-state index contributed by atoms with van der Waals surface area (Å²) in [6.45, 7) is 0. The van der Waals surface area contributed by atoms with Gasteiger partial charge in [0.2, 0.25) is 0 Å². The summed E-state index contributed by atoms with van der Waals surface area (Å²) in [6.07, 6.45) is 0. The number of hydrogen-bond acceptors (Lipinski definition) is 4. The standard InChI is InChI=1S/C46H28N2OS/c1-3-12-29(13-4-1)33-24-25-40-39(28-33)43-44(49-40)42(47-46(48-43)30-14-5-2-6-15-30)35-19-10-17-32(27-35)31-16-9-18-34(26-31)36-21-11-22-38-37-20-7-8-23-41(37)50-45(36)38/h1-28H/i1D,2D,3D,4D,5D,6D,7D,8D,9D,10D,11D,12D,13D,14D,15D,16D,17D,18D,19D,20D,21D,22D,23D,26D,27D. The molecule has 0 saturated carbocycles. The molecule has 7 aromatic carbocycles. The first-order valence-electron chi connectivity index (χ1n) is 27.2. The molecule has 234 valence electrons. The van der Waals surface area contributed by atoms with E-state index in [0.29, 0.717) is 11.3 Å². The van der Waals surface area contributed by atoms with Crippen LogP contribution in [0.3, 0.4) is 0 Å². The summed E-state index contributed by atoms with van der Waals surface area (Å²) in [5.41, 5.74) is -5.31. The Morgan fingerprint density at radius 1 is 0.500 bits per heavy atom. The molecule has 3 aromatic heterocycles. The van der Waals surface area contributed by atoms with Crippen molar-refractivity contribution in [2.24, 2.45) is 0 Å². The van der Waals surface area contributed by atoms with Gasteiger partial charge in [-0.1, -0.05) is 139 Å². The fourth-order valence-corrected chi connectivity index (χ4v) is 6.59. The van der Waals surface area contributed by atoms with Crippen LogP contribution in [0.2, 0.25) is 0 Å². The molecular weight excluding hydrogens is 629 g/mol. The zero-order chi connectivity index (χ0) is 54.8. The highest BCUT2D eigenvalue weighted by Gasteiger charge is 2.19. The van der Waals surface area contributed by atoms with Crippen molar-refractivity contribution in [3.63, 3.8) is 0 Å². The average molecular weight is 682 g/mol. The number of nitrogens with zero attached hydrogens (tertiary/aromatic N) is 2. The van der Waals surface area contributed by atoms with Crippen LogP contribution < -0.4 is 0 Å². The van der Waals surface area contributed by atoms with Gasteiger partial charge >= 0.3 is 0 Å². The lowest BCUT2D eigenvalue weighted by Crippen LogP contribution is -1.94. The van der Waals surface area contributed by atoms with Crippen LogP contribution in [0.15, 0.2) is 174 Å². The smallest absolute Gasteiger partial charge is 0.180 e. The molecule has 0 saturated heterocycles. The van der Waals surface area contributed by atoms with Gasteiger partial charge in [-0.2, -0.15) is 0 Å². The molecule has 0 bridgehead atoms. The van der Waals surface area contributed by atoms with Crippen molar-refractivity contribution in [1.82, 2.24) is 9.97 Å². The zero-order valence-electron chi connectivity index (χ0n) is 49.9. The van der Waals surface area contributed by atoms with Crippen molar-refractivity contribution in [1.29, 1.82) is 0 Å². The first kappa shape index (κ1) is 13.2. The maximum absolute atomic E-state index is 9.79. The third-order valence-electron chi connectivity index (χ3n) is 7.75. The van der Waals surface area contributed by atoms with E-state index in [4.69, 9.17) is 33.2 Å². The Morgan fingerprint density at radius 2 is 1.14 bits per heavy atom. The SMILES string of the molecule is [2H]c1c([2H])c([2H])c(-c2ccc3oc4c(-c5c([2H])c([2H])c([2H])c(-c6c([2H])c([2H])c([2H])c(-c7c([2H])c([2H])c([2H])c8c7sc7c([2H])c([2H])c([2H])c([2H])c78)c6[2H])c5[2H])nc(-c5c([2H])c([2H])c([2H])c([2H])c5[2H])nc4c3c2)c([2H])c1[2H]. The van der Waals surface area contributed by atoms with Gasteiger partial charge in [-0.3, -0.25) is 0 Å². The summed E-state index contributed by atoms with van der Waals surface area (Å²) in [4.78, 5) is 9.09. The molecule has 0 aliphatic rings. The molecule has 0 unspecified atom stereocenters. The highest BCUT2D eigenvalue weighted by atomic mass is 32.1. The van der Waals surface area contributed by atoms with E-state index in [1.165, 1.54) is 18.2 Å². The number of benzene rings is 7. The molecule has 0 spiro atoms. The average Bonchev–Trinajstić information content (AvgIpc) is 3.97. The Balaban J connectivity index is 1.32. The molecule has 0 aliphatic heterocycles. The van der Waals surface area contributed by atoms with E-state index in [9.17, 15) is 5.48 Å². The maximum atomic E-state index is 9.79. The van der Waals surface area contributed by atoms with E-state index >= 15 is 0 Å². The molecule has 10 rings (SSSR count). The second kappa shape index (κ2) is 11.7. The molecule has 0 amide bonds. The number of fused-ring (bicyclic) bond motifs is 6. The Hall–Kier alpha value is -6.36. The first-order valence-corrected chi connectivity index (χ1v) is 15.5. The van der Waals surface area contributed by atoms with E-state index in [1.807, 2.05) is 0 Å². The number of furan rings is 1. The van der Waals surface area contributed by atoms with Crippen molar-refractivity contribution < 1.29 is 38.7 Å². The fourth-order valence-electron chi connectivity index (χ4n) is 5.52. The second-order valence-corrected chi connectivity index (χ2v) is 11.7. The van der Waals surface area contributed by atoms with Gasteiger partial charge in [0.05, 0.1) is 34.3 Å². The summed E-state index contributed by atoms with van der Waals surface area (Å²) < 4.78 is 226. The van der Waals surface area contributed by atoms with Crippen LogP contribution in [-0.2, 0) is 0 Å². The third kappa shape index (κ3) is 4.80. The summed E-state index contributed by atoms with van der Waals surface area (Å²) in [5.74, 6) is -0.620. The van der Waals surface area contributed by atoms with E-state index in [2.05, 4.69) is 9.97 Å². The predicted molar refractivity (Wildman–Crippen MR) is 209 cm³/mol. The normalized spacial score (nSPS) is 18.6. The first-order chi connectivity index (χ1) is 35.2. The molecule has 3 nitrogen and oxygen atoms in total.